The van der Waals surface area contributed by atoms with Crippen LogP contribution in [-0.2, 0) is 0 Å². The van der Waals surface area contributed by atoms with Gasteiger partial charge in [0.1, 0.15) is 5.82 Å². The summed E-state index contributed by atoms with van der Waals surface area (Å²) >= 11 is 0. The number of aryl methyl sites for hydroxylation is 1. The third-order valence-electron chi connectivity index (χ3n) is 4.30. The van der Waals surface area contributed by atoms with E-state index in [2.05, 4.69) is 15.3 Å². The third-order valence-corrected chi connectivity index (χ3v) is 4.30. The lowest BCUT2D eigenvalue weighted by Crippen LogP contribution is -2.21. The molecular weight excluding hydrogens is 198 g/mol. The number of hydrogen-bond donors (Lipinski definition) is 1. The van der Waals surface area contributed by atoms with Gasteiger partial charge in [-0.05, 0) is 43.9 Å². The monoisotopic (exact) mass is 217 g/mol. The van der Waals surface area contributed by atoms with E-state index < -0.39 is 0 Å². The van der Waals surface area contributed by atoms with Crippen molar-refractivity contribution in [3.63, 3.8) is 0 Å². The van der Waals surface area contributed by atoms with Gasteiger partial charge in [-0.3, -0.25) is 4.98 Å². The Balaban J connectivity index is 1.59. The van der Waals surface area contributed by atoms with Crippen molar-refractivity contribution >= 4 is 5.82 Å². The zero-order valence-electron chi connectivity index (χ0n) is 9.82. The number of nitrogens with zero attached hydrogens (tertiary/aromatic N) is 2. The fourth-order valence-electron chi connectivity index (χ4n) is 3.44. The molecule has 0 saturated heterocycles. The fourth-order valence-corrected chi connectivity index (χ4v) is 3.44. The molecule has 3 rings (SSSR count). The van der Waals surface area contributed by atoms with E-state index in [0.717, 1.165) is 35.8 Å². The smallest absolute Gasteiger partial charge is 0.147 e. The fraction of sp³-hybridized carbons (Fsp3) is 0.692. The Morgan fingerprint density at radius 1 is 1.25 bits per heavy atom. The maximum absolute atomic E-state index is 4.33. The van der Waals surface area contributed by atoms with Gasteiger partial charge in [0.2, 0.25) is 0 Å². The minimum Gasteiger partial charge on any atom is -0.368 e. The maximum atomic E-state index is 4.33. The molecule has 0 aliphatic heterocycles. The number of hydrogen-bond acceptors (Lipinski definition) is 3. The lowest BCUT2D eigenvalue weighted by Gasteiger charge is -2.22. The number of aromatic nitrogens is 2. The van der Waals surface area contributed by atoms with E-state index in [0.29, 0.717) is 0 Å². The van der Waals surface area contributed by atoms with Crippen molar-refractivity contribution in [3.8, 4) is 0 Å². The topological polar surface area (TPSA) is 37.8 Å². The largest absolute Gasteiger partial charge is 0.368 e. The SMILES string of the molecule is Cc1nccnc1NCC1CC2CCC1C2. The van der Waals surface area contributed by atoms with E-state index >= 15 is 0 Å². The predicted octanol–water partition coefficient (Wildman–Crippen LogP) is 2.63. The summed E-state index contributed by atoms with van der Waals surface area (Å²) in [7, 11) is 0. The Morgan fingerprint density at radius 2 is 2.12 bits per heavy atom. The highest BCUT2D eigenvalue weighted by atomic mass is 15.0. The van der Waals surface area contributed by atoms with Crippen LogP contribution >= 0.6 is 0 Å². The number of fused-ring (bicyclic) bond motifs is 2. The zero-order chi connectivity index (χ0) is 11.0. The molecular formula is C13H19N3. The van der Waals surface area contributed by atoms with Crippen molar-refractivity contribution in [1.29, 1.82) is 0 Å². The summed E-state index contributed by atoms with van der Waals surface area (Å²) in [5, 5.41) is 3.47. The second-order valence-corrected chi connectivity index (χ2v) is 5.31. The van der Waals surface area contributed by atoms with Gasteiger partial charge in [0.05, 0.1) is 5.69 Å². The first-order valence-corrected chi connectivity index (χ1v) is 6.34. The Morgan fingerprint density at radius 3 is 2.81 bits per heavy atom. The van der Waals surface area contributed by atoms with Crippen LogP contribution in [0.2, 0.25) is 0 Å². The van der Waals surface area contributed by atoms with Crippen molar-refractivity contribution in [1.82, 2.24) is 9.97 Å². The van der Waals surface area contributed by atoms with Crippen LogP contribution in [0.3, 0.4) is 0 Å². The van der Waals surface area contributed by atoms with Crippen molar-refractivity contribution in [2.45, 2.75) is 32.6 Å². The minimum atomic E-state index is 0.875. The Hall–Kier alpha value is -1.12. The second kappa shape index (κ2) is 4.04. The summed E-state index contributed by atoms with van der Waals surface area (Å²) in [4.78, 5) is 8.58. The van der Waals surface area contributed by atoms with Crippen LogP contribution in [0.1, 0.15) is 31.4 Å². The quantitative estimate of drug-likeness (QED) is 0.845. The van der Waals surface area contributed by atoms with Crippen LogP contribution in [0.15, 0.2) is 12.4 Å². The molecule has 16 heavy (non-hydrogen) atoms. The molecule has 0 amide bonds. The standard InChI is InChI=1S/C13H19N3/c1-9-13(15-5-4-14-9)16-8-12-7-10-2-3-11(12)6-10/h4-5,10-12H,2-3,6-8H2,1H3,(H,15,16). The molecule has 2 aliphatic carbocycles. The van der Waals surface area contributed by atoms with E-state index in [1.165, 1.54) is 25.7 Å². The third kappa shape index (κ3) is 1.79. The summed E-state index contributed by atoms with van der Waals surface area (Å²) in [6, 6.07) is 0. The Labute approximate surface area is 96.7 Å². The molecule has 3 heteroatoms. The van der Waals surface area contributed by atoms with Crippen LogP contribution in [0.4, 0.5) is 5.82 Å². The van der Waals surface area contributed by atoms with Crippen LogP contribution in [0.25, 0.3) is 0 Å². The molecule has 3 atom stereocenters. The second-order valence-electron chi connectivity index (χ2n) is 5.31. The first-order valence-electron chi connectivity index (χ1n) is 6.34. The summed E-state index contributed by atoms with van der Waals surface area (Å²) in [5.41, 5.74) is 1.01. The van der Waals surface area contributed by atoms with Gasteiger partial charge in [-0.2, -0.15) is 0 Å². The zero-order valence-corrected chi connectivity index (χ0v) is 9.82. The summed E-state index contributed by atoms with van der Waals surface area (Å²) in [6.07, 6.45) is 9.35. The number of nitrogens with one attached hydrogen (secondary N) is 1. The number of rotatable bonds is 3. The Bertz CT molecular complexity index is 377. The van der Waals surface area contributed by atoms with Crippen LogP contribution in [-0.4, -0.2) is 16.5 Å². The molecule has 3 nitrogen and oxygen atoms in total. The summed E-state index contributed by atoms with van der Waals surface area (Å²) < 4.78 is 0. The molecule has 1 aromatic heterocycles. The van der Waals surface area contributed by atoms with Crippen molar-refractivity contribution in [2.75, 3.05) is 11.9 Å². The molecule has 0 radical (unpaired) electrons. The van der Waals surface area contributed by atoms with E-state index in [4.69, 9.17) is 0 Å². The van der Waals surface area contributed by atoms with Gasteiger partial charge >= 0.3 is 0 Å². The maximum Gasteiger partial charge on any atom is 0.147 e. The van der Waals surface area contributed by atoms with E-state index in [1.54, 1.807) is 12.4 Å². The highest BCUT2D eigenvalue weighted by molar-refractivity contribution is 5.38. The van der Waals surface area contributed by atoms with Gasteiger partial charge in [-0.25, -0.2) is 4.98 Å². The van der Waals surface area contributed by atoms with E-state index in [-0.39, 0.29) is 0 Å². The molecule has 3 unspecified atom stereocenters. The molecule has 1 heterocycles. The summed E-state index contributed by atoms with van der Waals surface area (Å²) in [5.74, 6) is 3.85. The van der Waals surface area contributed by atoms with Crippen molar-refractivity contribution in [2.24, 2.45) is 17.8 Å². The predicted molar refractivity (Wildman–Crippen MR) is 64.2 cm³/mol. The molecule has 86 valence electrons. The molecule has 0 spiro atoms. The molecule has 0 aromatic carbocycles. The molecule has 2 fully saturated rings. The van der Waals surface area contributed by atoms with Crippen molar-refractivity contribution in [3.05, 3.63) is 18.1 Å². The highest BCUT2D eigenvalue weighted by Crippen LogP contribution is 2.48. The van der Waals surface area contributed by atoms with E-state index in [9.17, 15) is 0 Å². The van der Waals surface area contributed by atoms with Gasteiger partial charge in [-0.15, -0.1) is 0 Å². The molecule has 1 aromatic rings. The van der Waals surface area contributed by atoms with Gasteiger partial charge in [0, 0.05) is 18.9 Å². The van der Waals surface area contributed by atoms with Crippen LogP contribution in [0.5, 0.6) is 0 Å². The normalized spacial score (nSPS) is 31.9. The molecule has 2 aliphatic rings. The van der Waals surface area contributed by atoms with E-state index in [1.807, 2.05) is 6.92 Å². The first-order chi connectivity index (χ1) is 7.83. The van der Waals surface area contributed by atoms with Gasteiger partial charge in [0.15, 0.2) is 0 Å². The average molecular weight is 217 g/mol. The first kappa shape index (κ1) is 10.1. The van der Waals surface area contributed by atoms with Gasteiger partial charge in [-0.1, -0.05) is 6.42 Å². The van der Waals surface area contributed by atoms with Crippen LogP contribution < -0.4 is 5.32 Å². The van der Waals surface area contributed by atoms with Gasteiger partial charge < -0.3 is 5.32 Å². The highest BCUT2D eigenvalue weighted by Gasteiger charge is 2.39. The molecule has 2 bridgehead atoms. The lowest BCUT2D eigenvalue weighted by molar-refractivity contribution is 0.348. The molecule has 2 saturated carbocycles. The Kier molecular flexibility index (Phi) is 2.54. The average Bonchev–Trinajstić information content (AvgIpc) is 2.90. The van der Waals surface area contributed by atoms with Gasteiger partial charge in [0.25, 0.3) is 0 Å². The minimum absolute atomic E-state index is 0.875. The van der Waals surface area contributed by atoms with Crippen LogP contribution in [0, 0.1) is 24.7 Å². The lowest BCUT2D eigenvalue weighted by atomic mass is 9.89. The van der Waals surface area contributed by atoms with Crippen molar-refractivity contribution < 1.29 is 0 Å². The number of anilines is 1. The molecule has 1 N–H and O–H groups in total. The summed E-state index contributed by atoms with van der Waals surface area (Å²) in [6.45, 7) is 3.09.